The van der Waals surface area contributed by atoms with E-state index in [1.54, 1.807) is 24.7 Å². The molecule has 5 heteroatoms. The van der Waals surface area contributed by atoms with Crippen LogP contribution in [0.4, 0.5) is 0 Å². The summed E-state index contributed by atoms with van der Waals surface area (Å²) in [6.07, 6.45) is 5.29. The van der Waals surface area contributed by atoms with Gasteiger partial charge in [-0.15, -0.1) is 0 Å². The third kappa shape index (κ3) is 2.18. The largest absolute Gasteiger partial charge is 0.343 e. The molecule has 0 radical (unpaired) electrons. The summed E-state index contributed by atoms with van der Waals surface area (Å²) in [5.41, 5.74) is 3.21. The first-order valence-electron chi connectivity index (χ1n) is 7.26. The molecule has 0 aliphatic heterocycles. The van der Waals surface area contributed by atoms with Gasteiger partial charge in [0.25, 0.3) is 0 Å². The quantitative estimate of drug-likeness (QED) is 0.803. The normalized spacial score (nSPS) is 11.9. The highest BCUT2D eigenvalue weighted by Crippen LogP contribution is 2.28. The molecule has 0 atom stereocenters. The fourth-order valence-corrected chi connectivity index (χ4v) is 2.82. The first-order chi connectivity index (χ1) is 9.99. The molecular weight excluding hydrogens is 264 g/mol. The molecule has 0 amide bonds. The number of hydrogen-bond acceptors (Lipinski definition) is 2. The Kier molecular flexibility index (Phi) is 3.20. The maximum Gasteiger partial charge on any atom is 0.185 e. The standard InChI is InChI=1S/C16H20N4O/c1-10(2)15-16(11(3)4)20-13(18-15)7-12(21)8-14(20)19-6-5-17-9-19/h5-11,18H,1-4H3. The summed E-state index contributed by atoms with van der Waals surface area (Å²) < 4.78 is 4.00. The van der Waals surface area contributed by atoms with E-state index >= 15 is 0 Å². The molecule has 0 aliphatic carbocycles. The van der Waals surface area contributed by atoms with E-state index in [1.165, 1.54) is 11.4 Å². The van der Waals surface area contributed by atoms with Crippen molar-refractivity contribution >= 4 is 5.65 Å². The van der Waals surface area contributed by atoms with E-state index in [9.17, 15) is 4.79 Å². The number of pyridine rings is 1. The van der Waals surface area contributed by atoms with Gasteiger partial charge in [0.1, 0.15) is 17.8 Å². The third-order valence-electron chi connectivity index (χ3n) is 3.69. The van der Waals surface area contributed by atoms with Crippen LogP contribution in [0.5, 0.6) is 0 Å². The van der Waals surface area contributed by atoms with Crippen molar-refractivity contribution in [3.63, 3.8) is 0 Å². The number of nitrogens with one attached hydrogen (secondary N) is 1. The summed E-state index contributed by atoms with van der Waals surface area (Å²) in [4.78, 5) is 19.5. The maximum absolute atomic E-state index is 12.0. The second kappa shape index (κ2) is 4.91. The molecule has 21 heavy (non-hydrogen) atoms. The summed E-state index contributed by atoms with van der Waals surface area (Å²) in [6.45, 7) is 8.66. The minimum Gasteiger partial charge on any atom is -0.343 e. The Balaban J connectivity index is 2.45. The molecule has 3 heterocycles. The van der Waals surface area contributed by atoms with E-state index in [2.05, 4.69) is 42.1 Å². The van der Waals surface area contributed by atoms with Crippen molar-refractivity contribution in [3.8, 4) is 5.82 Å². The molecule has 0 saturated heterocycles. The Morgan fingerprint density at radius 1 is 1.14 bits per heavy atom. The number of hydrogen-bond donors (Lipinski definition) is 1. The van der Waals surface area contributed by atoms with E-state index in [1.807, 2.05) is 10.8 Å². The zero-order valence-corrected chi connectivity index (χ0v) is 12.8. The van der Waals surface area contributed by atoms with Gasteiger partial charge in [-0.1, -0.05) is 27.7 Å². The number of aromatic nitrogens is 4. The third-order valence-corrected chi connectivity index (χ3v) is 3.69. The molecule has 0 unspecified atom stereocenters. The SMILES string of the molecule is CC(C)c1[nH]c2cc(=O)cc(-n3ccnc3)n2c1C(C)C. The van der Waals surface area contributed by atoms with E-state index in [4.69, 9.17) is 0 Å². The fourth-order valence-electron chi connectivity index (χ4n) is 2.82. The second-order valence-electron chi connectivity index (χ2n) is 5.97. The topological polar surface area (TPSA) is 55.1 Å². The molecule has 3 aromatic rings. The van der Waals surface area contributed by atoms with Crippen molar-refractivity contribution in [2.75, 3.05) is 0 Å². The zero-order valence-electron chi connectivity index (χ0n) is 12.8. The van der Waals surface area contributed by atoms with E-state index in [0.717, 1.165) is 11.5 Å². The van der Waals surface area contributed by atoms with Gasteiger partial charge in [0, 0.05) is 35.9 Å². The lowest BCUT2D eigenvalue weighted by Crippen LogP contribution is -2.11. The summed E-state index contributed by atoms with van der Waals surface area (Å²) >= 11 is 0. The monoisotopic (exact) mass is 284 g/mol. The number of imidazole rings is 2. The van der Waals surface area contributed by atoms with Crippen LogP contribution in [0.15, 0.2) is 35.6 Å². The van der Waals surface area contributed by atoms with Crippen molar-refractivity contribution in [1.29, 1.82) is 0 Å². The highest BCUT2D eigenvalue weighted by molar-refractivity contribution is 5.50. The predicted molar refractivity (Wildman–Crippen MR) is 83.3 cm³/mol. The minimum absolute atomic E-state index is 0.00874. The molecule has 110 valence electrons. The van der Waals surface area contributed by atoms with Crippen LogP contribution in [0.1, 0.15) is 50.9 Å². The van der Waals surface area contributed by atoms with Gasteiger partial charge in [-0.2, -0.15) is 0 Å². The number of H-pyrrole nitrogens is 1. The van der Waals surface area contributed by atoms with E-state index < -0.39 is 0 Å². The van der Waals surface area contributed by atoms with Gasteiger partial charge < -0.3 is 4.98 Å². The van der Waals surface area contributed by atoms with Gasteiger partial charge in [0.15, 0.2) is 5.43 Å². The van der Waals surface area contributed by atoms with Crippen LogP contribution in [0.25, 0.3) is 11.5 Å². The molecule has 3 rings (SSSR count). The summed E-state index contributed by atoms with van der Waals surface area (Å²) in [7, 11) is 0. The van der Waals surface area contributed by atoms with Crippen molar-refractivity contribution in [2.45, 2.75) is 39.5 Å². The lowest BCUT2D eigenvalue weighted by Gasteiger charge is -2.14. The first-order valence-corrected chi connectivity index (χ1v) is 7.26. The van der Waals surface area contributed by atoms with Crippen LogP contribution >= 0.6 is 0 Å². The first kappa shape index (κ1) is 13.7. The number of nitrogens with zero attached hydrogens (tertiary/aromatic N) is 3. The highest BCUT2D eigenvalue weighted by Gasteiger charge is 2.19. The molecule has 0 aliphatic rings. The molecule has 5 nitrogen and oxygen atoms in total. The number of aromatic amines is 1. The smallest absolute Gasteiger partial charge is 0.185 e. The Bertz CT molecular complexity index is 822. The van der Waals surface area contributed by atoms with Crippen molar-refractivity contribution in [1.82, 2.24) is 18.9 Å². The van der Waals surface area contributed by atoms with Crippen molar-refractivity contribution in [3.05, 3.63) is 52.5 Å². The van der Waals surface area contributed by atoms with Gasteiger partial charge in [-0.3, -0.25) is 13.8 Å². The molecule has 0 aromatic carbocycles. The van der Waals surface area contributed by atoms with Gasteiger partial charge >= 0.3 is 0 Å². The van der Waals surface area contributed by atoms with Crippen LogP contribution in [-0.4, -0.2) is 18.9 Å². The molecular formula is C16H20N4O. The number of rotatable bonds is 3. The lowest BCUT2D eigenvalue weighted by atomic mass is 10.0. The average molecular weight is 284 g/mol. The van der Waals surface area contributed by atoms with Gasteiger partial charge in [0.2, 0.25) is 0 Å². The molecule has 1 N–H and O–H groups in total. The summed E-state index contributed by atoms with van der Waals surface area (Å²) in [5, 5.41) is 0. The molecule has 0 spiro atoms. The van der Waals surface area contributed by atoms with Gasteiger partial charge in [-0.05, 0) is 11.8 Å². The van der Waals surface area contributed by atoms with Crippen LogP contribution in [-0.2, 0) is 0 Å². The lowest BCUT2D eigenvalue weighted by molar-refractivity contribution is 0.738. The Morgan fingerprint density at radius 2 is 1.90 bits per heavy atom. The van der Waals surface area contributed by atoms with Crippen LogP contribution in [0, 0.1) is 0 Å². The highest BCUT2D eigenvalue weighted by atomic mass is 16.1. The molecule has 0 bridgehead atoms. The number of fused-ring (bicyclic) bond motifs is 1. The van der Waals surface area contributed by atoms with E-state index in [0.29, 0.717) is 11.8 Å². The van der Waals surface area contributed by atoms with E-state index in [-0.39, 0.29) is 5.43 Å². The average Bonchev–Trinajstić information content (AvgIpc) is 3.04. The van der Waals surface area contributed by atoms with Crippen LogP contribution in [0.2, 0.25) is 0 Å². The Labute approximate surface area is 123 Å². The molecule has 0 fully saturated rings. The zero-order chi connectivity index (χ0) is 15.1. The molecule has 3 aromatic heterocycles. The summed E-state index contributed by atoms with van der Waals surface area (Å²) in [5.74, 6) is 1.54. The van der Waals surface area contributed by atoms with Gasteiger partial charge in [0.05, 0.1) is 0 Å². The fraction of sp³-hybridized carbons (Fsp3) is 0.375. The Hall–Kier alpha value is -2.30. The summed E-state index contributed by atoms with van der Waals surface area (Å²) in [6, 6.07) is 3.30. The van der Waals surface area contributed by atoms with Crippen molar-refractivity contribution in [2.24, 2.45) is 0 Å². The second-order valence-corrected chi connectivity index (χ2v) is 5.97. The van der Waals surface area contributed by atoms with Crippen LogP contribution < -0.4 is 5.43 Å². The maximum atomic E-state index is 12.0. The van der Waals surface area contributed by atoms with Crippen LogP contribution in [0.3, 0.4) is 0 Å². The van der Waals surface area contributed by atoms with Gasteiger partial charge in [-0.25, -0.2) is 4.98 Å². The van der Waals surface area contributed by atoms with Crippen molar-refractivity contribution < 1.29 is 0 Å². The predicted octanol–water partition coefficient (Wildman–Crippen LogP) is 3.06. The Morgan fingerprint density at radius 3 is 2.48 bits per heavy atom. The molecule has 0 saturated carbocycles. The minimum atomic E-state index is -0.00874.